The molecule has 0 saturated carbocycles. The minimum absolute atomic E-state index is 0.679. The van der Waals surface area contributed by atoms with Crippen LogP contribution in [-0.4, -0.2) is 4.57 Å². The van der Waals surface area contributed by atoms with E-state index in [0.29, 0.717) is 5.69 Å². The van der Waals surface area contributed by atoms with E-state index in [1.54, 1.807) is 0 Å². The molecule has 1 heterocycles. The van der Waals surface area contributed by atoms with Gasteiger partial charge < -0.3 is 4.57 Å². The summed E-state index contributed by atoms with van der Waals surface area (Å²) in [4.78, 5) is 3.97. The summed E-state index contributed by atoms with van der Waals surface area (Å²) in [7, 11) is 0. The second kappa shape index (κ2) is 11.4. The highest BCUT2D eigenvalue weighted by Crippen LogP contribution is 2.50. The maximum absolute atomic E-state index is 8.05. The molecule has 0 saturated heterocycles. The fourth-order valence-electron chi connectivity index (χ4n) is 8.92. The van der Waals surface area contributed by atoms with E-state index < -0.39 is 0 Å². The van der Waals surface area contributed by atoms with Crippen LogP contribution in [-0.2, 0) is 0 Å². The Morgan fingerprint density at radius 1 is 0.358 bits per heavy atom. The number of rotatable bonds is 4. The highest BCUT2D eigenvalue weighted by molar-refractivity contribution is 6.31. The average molecular weight is 671 g/mol. The van der Waals surface area contributed by atoms with Gasteiger partial charge in [-0.2, -0.15) is 0 Å². The van der Waals surface area contributed by atoms with Crippen molar-refractivity contribution in [1.29, 1.82) is 0 Å². The number of hydrogen-bond acceptors (Lipinski definition) is 0. The van der Waals surface area contributed by atoms with Gasteiger partial charge in [0, 0.05) is 16.5 Å². The lowest BCUT2D eigenvalue weighted by molar-refractivity contribution is 1.18. The Hall–Kier alpha value is -7.21. The molecule has 2 heteroatoms. The lowest BCUT2D eigenvalue weighted by Gasteiger charge is -2.20. The molecule has 0 atom stereocenters. The number of benzene rings is 10. The zero-order valence-electron chi connectivity index (χ0n) is 28.7. The van der Waals surface area contributed by atoms with Gasteiger partial charge in [-0.05, 0) is 101 Å². The van der Waals surface area contributed by atoms with Gasteiger partial charge in [0.15, 0.2) is 5.69 Å². The Balaban J connectivity index is 1.22. The first-order valence-electron chi connectivity index (χ1n) is 18.1. The van der Waals surface area contributed by atoms with E-state index in [0.717, 1.165) is 27.5 Å². The molecule has 0 unspecified atom stereocenters. The van der Waals surface area contributed by atoms with Crippen LogP contribution >= 0.6 is 0 Å². The van der Waals surface area contributed by atoms with E-state index in [1.807, 2.05) is 6.07 Å². The quantitative estimate of drug-likeness (QED) is 0.100. The van der Waals surface area contributed by atoms with Gasteiger partial charge in [-0.25, -0.2) is 4.85 Å². The predicted octanol–water partition coefficient (Wildman–Crippen LogP) is 14.4. The molecule has 0 fully saturated rings. The predicted molar refractivity (Wildman–Crippen MR) is 225 cm³/mol. The van der Waals surface area contributed by atoms with Gasteiger partial charge in [-0.1, -0.05) is 158 Å². The van der Waals surface area contributed by atoms with Gasteiger partial charge in [0.05, 0.1) is 17.6 Å². The van der Waals surface area contributed by atoms with E-state index in [9.17, 15) is 0 Å². The Kier molecular flexibility index (Phi) is 6.35. The summed E-state index contributed by atoms with van der Waals surface area (Å²) in [5, 5.41) is 11.9. The molecule has 0 aliphatic heterocycles. The van der Waals surface area contributed by atoms with E-state index in [1.165, 1.54) is 76.5 Å². The highest BCUT2D eigenvalue weighted by Gasteiger charge is 2.23. The second-order valence-corrected chi connectivity index (χ2v) is 13.9. The molecule has 1 aromatic heterocycles. The molecule has 0 aliphatic carbocycles. The molecule has 0 amide bonds. The largest absolute Gasteiger partial charge is 0.309 e. The average Bonchev–Trinajstić information content (AvgIpc) is 3.57. The Morgan fingerprint density at radius 3 is 1.53 bits per heavy atom. The third-order valence-electron chi connectivity index (χ3n) is 11.2. The van der Waals surface area contributed by atoms with Crippen LogP contribution in [0.15, 0.2) is 182 Å². The minimum atomic E-state index is 0.679. The van der Waals surface area contributed by atoms with Crippen molar-refractivity contribution in [2.75, 3.05) is 0 Å². The van der Waals surface area contributed by atoms with Crippen molar-refractivity contribution in [1.82, 2.24) is 4.57 Å². The van der Waals surface area contributed by atoms with Crippen LogP contribution in [0.3, 0.4) is 0 Å². The van der Waals surface area contributed by atoms with Crippen LogP contribution in [0.2, 0.25) is 0 Å². The first-order valence-corrected chi connectivity index (χ1v) is 18.1. The smallest absolute Gasteiger partial charge is 0.195 e. The van der Waals surface area contributed by atoms with E-state index >= 15 is 0 Å². The number of nitrogens with zero attached hydrogens (tertiary/aromatic N) is 2. The Bertz CT molecular complexity index is 3210. The summed E-state index contributed by atoms with van der Waals surface area (Å²) in [5.74, 6) is 0. The number of aromatic nitrogens is 1. The maximum atomic E-state index is 8.05. The monoisotopic (exact) mass is 670 g/mol. The second-order valence-electron chi connectivity index (χ2n) is 13.9. The minimum Gasteiger partial charge on any atom is -0.309 e. The van der Waals surface area contributed by atoms with E-state index in [-0.39, 0.29) is 0 Å². The van der Waals surface area contributed by atoms with Crippen LogP contribution in [0.25, 0.3) is 109 Å². The molecule has 0 N–H and O–H groups in total. The molecule has 53 heavy (non-hydrogen) atoms. The van der Waals surface area contributed by atoms with Crippen molar-refractivity contribution >= 4 is 70.6 Å². The van der Waals surface area contributed by atoms with Gasteiger partial charge in [0.1, 0.15) is 0 Å². The molecule has 0 aliphatic rings. The summed E-state index contributed by atoms with van der Waals surface area (Å²) in [6.45, 7) is 8.05. The van der Waals surface area contributed by atoms with Crippen LogP contribution in [0.1, 0.15) is 0 Å². The molecule has 244 valence electrons. The molecule has 0 radical (unpaired) electrons. The van der Waals surface area contributed by atoms with Crippen molar-refractivity contribution < 1.29 is 0 Å². The van der Waals surface area contributed by atoms with Crippen molar-refractivity contribution in [3.8, 4) is 39.1 Å². The molecule has 0 spiro atoms. The van der Waals surface area contributed by atoms with Gasteiger partial charge in [-0.3, -0.25) is 0 Å². The summed E-state index contributed by atoms with van der Waals surface area (Å²) in [6.07, 6.45) is 0. The van der Waals surface area contributed by atoms with Crippen LogP contribution in [0, 0.1) is 6.57 Å². The fourth-order valence-corrected chi connectivity index (χ4v) is 8.92. The highest BCUT2D eigenvalue weighted by atomic mass is 15.0. The SMILES string of the molecule is [C-]#[N+]c1ccc2c3c1ccc1c(-c4c5ccccc5c(-c5cccc6ccccc56)c5ccccc45)ccc(c13)n2-c1ccc(-c2ccccc2)cc1. The zero-order chi connectivity index (χ0) is 35.0. The first kappa shape index (κ1) is 29.5. The van der Waals surface area contributed by atoms with Crippen LogP contribution in [0.4, 0.5) is 5.69 Å². The summed E-state index contributed by atoms with van der Waals surface area (Å²) in [6, 6.07) is 65.6. The normalized spacial score (nSPS) is 11.8. The molecule has 11 aromatic rings. The van der Waals surface area contributed by atoms with Crippen LogP contribution < -0.4 is 0 Å². The molecular formula is C51H30N2. The van der Waals surface area contributed by atoms with Crippen LogP contribution in [0.5, 0.6) is 0 Å². The van der Waals surface area contributed by atoms with Gasteiger partial charge >= 0.3 is 0 Å². The summed E-state index contributed by atoms with van der Waals surface area (Å²) in [5.41, 5.74) is 11.4. The number of fused-ring (bicyclic) bond motifs is 3. The van der Waals surface area contributed by atoms with Crippen molar-refractivity contribution in [2.24, 2.45) is 0 Å². The van der Waals surface area contributed by atoms with Gasteiger partial charge in [0.2, 0.25) is 0 Å². The Labute approximate surface area is 306 Å². The molecule has 2 nitrogen and oxygen atoms in total. The topological polar surface area (TPSA) is 9.29 Å². The van der Waals surface area contributed by atoms with Crippen molar-refractivity contribution in [3.05, 3.63) is 193 Å². The third-order valence-corrected chi connectivity index (χ3v) is 11.2. The standard InChI is InChI=1S/C51H30N2/c1-52-45-29-31-47-51-44(45)27-26-43-42(28-30-46(50(43)51)53(47)35-24-22-33(23-25-35)32-12-3-2-4-13-32)49-40-19-9-7-17-38(40)48(39-18-8-10-20-41(39)49)37-21-11-15-34-14-5-6-16-36(34)37/h2-31H. The van der Waals surface area contributed by atoms with E-state index in [4.69, 9.17) is 6.57 Å². The third kappa shape index (κ3) is 4.26. The maximum Gasteiger partial charge on any atom is 0.195 e. The molecule has 10 aromatic carbocycles. The molecule has 11 rings (SSSR count). The molecule has 0 bridgehead atoms. The van der Waals surface area contributed by atoms with Crippen molar-refractivity contribution in [3.63, 3.8) is 0 Å². The van der Waals surface area contributed by atoms with Gasteiger partial charge in [-0.15, -0.1) is 0 Å². The lowest BCUT2D eigenvalue weighted by atomic mass is 9.83. The Morgan fingerprint density at radius 2 is 0.868 bits per heavy atom. The van der Waals surface area contributed by atoms with E-state index in [2.05, 4.69) is 185 Å². The van der Waals surface area contributed by atoms with Crippen molar-refractivity contribution in [2.45, 2.75) is 0 Å². The van der Waals surface area contributed by atoms with Gasteiger partial charge in [0.25, 0.3) is 0 Å². The zero-order valence-corrected chi connectivity index (χ0v) is 28.7. The first-order chi connectivity index (χ1) is 26.3. The fraction of sp³-hybridized carbons (Fsp3) is 0. The molecular weight excluding hydrogens is 641 g/mol. The number of hydrogen-bond donors (Lipinski definition) is 0. The summed E-state index contributed by atoms with van der Waals surface area (Å²) < 4.78 is 2.37. The lowest BCUT2D eigenvalue weighted by Crippen LogP contribution is -1.94. The summed E-state index contributed by atoms with van der Waals surface area (Å²) >= 11 is 0.